The summed E-state index contributed by atoms with van der Waals surface area (Å²) in [6.45, 7) is 2.36. The van der Waals surface area contributed by atoms with E-state index in [0.29, 0.717) is 67.7 Å². The molecule has 1 heterocycles. The van der Waals surface area contributed by atoms with E-state index in [4.69, 9.17) is 0 Å². The molecule has 4 bridgehead atoms. The highest BCUT2D eigenvalue weighted by Gasteiger charge is 2.32. The number of phenolic OH excluding ortho intramolecular Hbond substituents is 2. The number of amides is 5. The molecule has 12 N–H and O–H groups in total. The lowest BCUT2D eigenvalue weighted by molar-refractivity contribution is -0.134. The van der Waals surface area contributed by atoms with Gasteiger partial charge in [0.25, 0.3) is 0 Å². The Hall–Kier alpha value is -4.81. The number of likely N-dealkylation sites (N-methyl/N-ethyl adjacent to an activating group) is 3. The van der Waals surface area contributed by atoms with E-state index in [1.807, 2.05) is 0 Å². The summed E-state index contributed by atoms with van der Waals surface area (Å²) in [4.78, 5) is 67.8. The zero-order valence-electron chi connectivity index (χ0n) is 33.3. The second kappa shape index (κ2) is 24.0. The largest absolute Gasteiger partial charge is 0.508 e. The van der Waals surface area contributed by atoms with Crippen LogP contribution in [0.4, 0.5) is 0 Å². The highest BCUT2D eigenvalue weighted by molar-refractivity contribution is 5.95. The lowest BCUT2D eigenvalue weighted by Crippen LogP contribution is -2.58. The molecule has 2 aromatic carbocycles. The van der Waals surface area contributed by atoms with Crippen molar-refractivity contribution < 1.29 is 34.2 Å². The number of phenols is 2. The lowest BCUT2D eigenvalue weighted by Gasteiger charge is -2.27. The van der Waals surface area contributed by atoms with E-state index in [1.165, 1.54) is 6.07 Å². The minimum Gasteiger partial charge on any atom is -0.508 e. The van der Waals surface area contributed by atoms with E-state index >= 15 is 0 Å². The highest BCUT2D eigenvalue weighted by atomic mass is 16.3. The van der Waals surface area contributed by atoms with Crippen LogP contribution in [-0.4, -0.2) is 138 Å². The second-order valence-corrected chi connectivity index (χ2v) is 13.9. The summed E-state index contributed by atoms with van der Waals surface area (Å²) in [5.74, 6) is -2.38. The van der Waals surface area contributed by atoms with Crippen LogP contribution >= 0.6 is 0 Å². The minimum absolute atomic E-state index is 0.00681. The topological polar surface area (TPSA) is 246 Å². The van der Waals surface area contributed by atoms with Crippen molar-refractivity contribution in [2.75, 3.05) is 68.0 Å². The molecule has 17 heteroatoms. The smallest absolute Gasteiger partial charge is 0.243 e. The van der Waals surface area contributed by atoms with Gasteiger partial charge in [0.1, 0.15) is 29.6 Å². The average molecular weight is 783 g/mol. The van der Waals surface area contributed by atoms with Crippen LogP contribution in [0, 0.1) is 0 Å². The summed E-state index contributed by atoms with van der Waals surface area (Å²) in [7, 11) is 8.63. The van der Waals surface area contributed by atoms with Gasteiger partial charge >= 0.3 is 0 Å². The Balaban J connectivity index is 1.90. The molecule has 2 aromatic rings. The van der Waals surface area contributed by atoms with Gasteiger partial charge in [-0.25, -0.2) is 0 Å². The summed E-state index contributed by atoms with van der Waals surface area (Å²) < 4.78 is 0. The van der Waals surface area contributed by atoms with Crippen molar-refractivity contribution in [3.8, 4) is 22.6 Å². The van der Waals surface area contributed by atoms with Gasteiger partial charge < -0.3 is 63.4 Å². The van der Waals surface area contributed by atoms with Gasteiger partial charge in [-0.1, -0.05) is 12.1 Å². The third-order valence-electron chi connectivity index (χ3n) is 9.81. The summed E-state index contributed by atoms with van der Waals surface area (Å²) in [6.07, 6.45) is 1.98. The minimum atomic E-state index is -1.25. The number of carbonyl (C=O) groups is 5. The van der Waals surface area contributed by atoms with Gasteiger partial charge in [-0.05, 0) is 127 Å². The quantitative estimate of drug-likeness (QED) is 0.0676. The molecule has 56 heavy (non-hydrogen) atoms. The first-order chi connectivity index (χ1) is 26.9. The molecule has 0 spiro atoms. The molecule has 0 saturated heterocycles. The van der Waals surface area contributed by atoms with Crippen LogP contribution in [0.15, 0.2) is 36.4 Å². The van der Waals surface area contributed by atoms with Crippen molar-refractivity contribution >= 4 is 29.5 Å². The Kier molecular flexibility index (Phi) is 19.5. The van der Waals surface area contributed by atoms with Crippen LogP contribution in [0.5, 0.6) is 11.5 Å². The Labute approximate surface area is 329 Å². The molecule has 5 amide bonds. The third kappa shape index (κ3) is 14.0. The van der Waals surface area contributed by atoms with Crippen molar-refractivity contribution in [2.24, 2.45) is 0 Å². The van der Waals surface area contributed by atoms with E-state index in [-0.39, 0.29) is 49.6 Å². The molecule has 17 nitrogen and oxygen atoms in total. The van der Waals surface area contributed by atoms with Crippen molar-refractivity contribution in [1.82, 2.24) is 53.2 Å². The summed E-state index contributed by atoms with van der Waals surface area (Å²) in [5, 5.41) is 50.9. The molecule has 0 unspecified atom stereocenters. The first-order valence-corrected chi connectivity index (χ1v) is 19.3. The molecule has 0 saturated carbocycles. The Morgan fingerprint density at radius 2 is 1.30 bits per heavy atom. The first-order valence-electron chi connectivity index (χ1n) is 19.3. The molecular weight excluding hydrogens is 720 g/mol. The van der Waals surface area contributed by atoms with Crippen molar-refractivity contribution in [3.05, 3.63) is 47.5 Å². The van der Waals surface area contributed by atoms with E-state index in [9.17, 15) is 34.2 Å². The Morgan fingerprint density at radius 1 is 0.696 bits per heavy atom. The molecule has 0 radical (unpaired) electrons. The normalized spacial score (nSPS) is 18.3. The maximum absolute atomic E-state index is 14.2. The molecule has 0 aromatic heterocycles. The van der Waals surface area contributed by atoms with Crippen molar-refractivity contribution in [2.45, 2.75) is 75.2 Å². The van der Waals surface area contributed by atoms with Gasteiger partial charge in [0, 0.05) is 32.5 Å². The summed E-state index contributed by atoms with van der Waals surface area (Å²) in [6, 6.07) is 5.45. The number of hydrogen-bond donors (Lipinski definition) is 12. The van der Waals surface area contributed by atoms with E-state index in [0.717, 1.165) is 0 Å². The van der Waals surface area contributed by atoms with Crippen LogP contribution in [-0.2, 0) is 36.8 Å². The molecule has 310 valence electrons. The van der Waals surface area contributed by atoms with Crippen molar-refractivity contribution in [1.29, 1.82) is 0 Å². The van der Waals surface area contributed by atoms with E-state index in [2.05, 4.69) is 53.2 Å². The molecular formula is C39H62N10O7. The number of carbonyl (C=O) groups excluding carboxylic acids is 5. The van der Waals surface area contributed by atoms with Gasteiger partial charge in [-0.2, -0.15) is 0 Å². The number of hydrogen-bond acceptors (Lipinski definition) is 12. The van der Waals surface area contributed by atoms with Gasteiger partial charge in [0.15, 0.2) is 0 Å². The molecule has 0 aliphatic carbocycles. The standard InChI is InChI=1S/C39H62N10O7/c1-40-15-6-9-29-37(54)49-32(39(56)48-30(14-17-41-2)36(53)45-16-7-8-28(43-4)35(52)46-19-18-42-3)23-27-21-25(11-13-34(27)51)24-10-12-33(50)26(20-24)22-31(44-5)38(55)47-29/h10-13,20-21,28-32,40-44,50-51H,6-9,14-19,22-23H2,1-5H3,(H,45,53)(H,46,52)(H,47,55)(H,48,56)(H,49,54)/t28-,29-,30-,31-,32-/m0/s1. The molecule has 5 atom stereocenters. The fraction of sp³-hybridized carbons (Fsp3) is 0.564. The van der Waals surface area contributed by atoms with Crippen LogP contribution in [0.1, 0.15) is 43.2 Å². The molecule has 1 aliphatic rings. The molecule has 1 aliphatic heterocycles. The van der Waals surface area contributed by atoms with Crippen LogP contribution in [0.25, 0.3) is 11.1 Å². The Bertz CT molecular complexity index is 1610. The summed E-state index contributed by atoms with van der Waals surface area (Å²) >= 11 is 0. The summed E-state index contributed by atoms with van der Waals surface area (Å²) in [5.41, 5.74) is 2.26. The number of fused-ring (bicyclic) bond motifs is 5. The van der Waals surface area contributed by atoms with Crippen LogP contribution < -0.4 is 53.2 Å². The number of benzene rings is 2. The van der Waals surface area contributed by atoms with Gasteiger partial charge in [-0.15, -0.1) is 0 Å². The first kappa shape index (κ1) is 45.6. The fourth-order valence-electron chi connectivity index (χ4n) is 6.44. The monoisotopic (exact) mass is 782 g/mol. The van der Waals surface area contributed by atoms with Gasteiger partial charge in [0.2, 0.25) is 29.5 Å². The Morgan fingerprint density at radius 3 is 1.91 bits per heavy atom. The van der Waals surface area contributed by atoms with Crippen molar-refractivity contribution in [3.63, 3.8) is 0 Å². The predicted octanol–water partition coefficient (Wildman–Crippen LogP) is -1.67. The maximum atomic E-state index is 14.2. The van der Waals surface area contributed by atoms with Gasteiger partial charge in [0.05, 0.1) is 12.1 Å². The number of nitrogens with one attached hydrogen (secondary N) is 10. The highest BCUT2D eigenvalue weighted by Crippen LogP contribution is 2.31. The van der Waals surface area contributed by atoms with E-state index in [1.54, 1.807) is 65.6 Å². The number of aromatic hydroxyl groups is 2. The number of rotatable bonds is 20. The predicted molar refractivity (Wildman–Crippen MR) is 215 cm³/mol. The third-order valence-corrected chi connectivity index (χ3v) is 9.81. The fourth-order valence-corrected chi connectivity index (χ4v) is 6.44. The second-order valence-electron chi connectivity index (χ2n) is 13.9. The SMILES string of the molecule is CNCCC[C@@H]1NC(=O)[C@@H](NC)Cc2cc(ccc2O)-c2ccc(O)c(c2)C[C@@H](C(=O)N[C@@H](CCNC)C(=O)NCCC[C@H](NC)C(=O)NCCNC)NC1=O. The lowest BCUT2D eigenvalue weighted by atomic mass is 9.95. The zero-order valence-corrected chi connectivity index (χ0v) is 33.3. The van der Waals surface area contributed by atoms with Gasteiger partial charge in [-0.3, -0.25) is 24.0 Å². The zero-order chi connectivity index (χ0) is 41.0. The van der Waals surface area contributed by atoms with Crippen LogP contribution in [0.3, 0.4) is 0 Å². The van der Waals surface area contributed by atoms with Crippen LogP contribution in [0.2, 0.25) is 0 Å². The maximum Gasteiger partial charge on any atom is 0.243 e. The molecule has 0 fully saturated rings. The average Bonchev–Trinajstić information content (AvgIpc) is 3.18. The van der Waals surface area contributed by atoms with E-state index < -0.39 is 53.8 Å². The molecule has 3 rings (SSSR count).